The van der Waals surface area contributed by atoms with Gasteiger partial charge in [-0.2, -0.15) is 0 Å². The van der Waals surface area contributed by atoms with Crippen LogP contribution in [-0.4, -0.2) is 17.3 Å². The first-order valence-electron chi connectivity index (χ1n) is 9.48. The molecule has 29 heavy (non-hydrogen) atoms. The molecule has 1 aliphatic rings. The molecular formula is C22H24Cl2FNO3. The predicted molar refractivity (Wildman–Crippen MR) is 114 cm³/mol. The smallest absolute Gasteiger partial charge is 0.211 e. The SMILES string of the molecule is CC.CC(O)(CC(=O)c1ccc(C2CC2)cc1F)c1c(Cl)ccc(Cl)c1NC=O. The summed E-state index contributed by atoms with van der Waals surface area (Å²) in [5, 5.41) is 13.6. The van der Waals surface area contributed by atoms with Gasteiger partial charge in [-0.15, -0.1) is 0 Å². The number of anilines is 1. The zero-order chi connectivity index (χ0) is 21.8. The summed E-state index contributed by atoms with van der Waals surface area (Å²) < 4.78 is 14.4. The van der Waals surface area contributed by atoms with Gasteiger partial charge in [0.25, 0.3) is 0 Å². The zero-order valence-electron chi connectivity index (χ0n) is 16.6. The Kier molecular flexibility index (Phi) is 7.80. The van der Waals surface area contributed by atoms with Crippen LogP contribution in [0.2, 0.25) is 10.0 Å². The molecule has 0 heterocycles. The molecule has 0 bridgehead atoms. The Morgan fingerprint density at radius 1 is 1.24 bits per heavy atom. The lowest BCUT2D eigenvalue weighted by atomic mass is 9.87. The number of carbonyl (C=O) groups excluding carboxylic acids is 2. The minimum Gasteiger partial charge on any atom is -0.385 e. The van der Waals surface area contributed by atoms with Crippen molar-refractivity contribution in [3.05, 3.63) is 62.9 Å². The molecule has 0 radical (unpaired) electrons. The summed E-state index contributed by atoms with van der Waals surface area (Å²) in [4.78, 5) is 23.5. The first-order valence-corrected chi connectivity index (χ1v) is 10.2. The maximum absolute atomic E-state index is 14.4. The van der Waals surface area contributed by atoms with Crippen molar-refractivity contribution in [2.75, 3.05) is 5.32 Å². The first-order chi connectivity index (χ1) is 13.7. The number of hydrogen-bond acceptors (Lipinski definition) is 3. The van der Waals surface area contributed by atoms with Crippen LogP contribution >= 0.6 is 23.2 Å². The molecular weight excluding hydrogens is 416 g/mol. The lowest BCUT2D eigenvalue weighted by Crippen LogP contribution is -2.27. The average Bonchev–Trinajstić information content (AvgIpc) is 3.51. The van der Waals surface area contributed by atoms with E-state index in [1.165, 1.54) is 31.2 Å². The number of hydrogen-bond donors (Lipinski definition) is 2. The van der Waals surface area contributed by atoms with E-state index in [9.17, 15) is 19.1 Å². The van der Waals surface area contributed by atoms with E-state index in [-0.39, 0.29) is 26.9 Å². The van der Waals surface area contributed by atoms with Crippen LogP contribution in [0, 0.1) is 5.82 Å². The molecule has 1 atom stereocenters. The number of carbonyl (C=O) groups is 2. The van der Waals surface area contributed by atoms with Gasteiger partial charge in [-0.25, -0.2) is 4.39 Å². The third-order valence-electron chi connectivity index (χ3n) is 4.69. The van der Waals surface area contributed by atoms with E-state index in [4.69, 9.17) is 23.2 Å². The van der Waals surface area contributed by atoms with Crippen LogP contribution in [0.25, 0.3) is 0 Å². The highest BCUT2D eigenvalue weighted by molar-refractivity contribution is 6.36. The molecule has 2 N–H and O–H groups in total. The van der Waals surface area contributed by atoms with Gasteiger partial charge >= 0.3 is 0 Å². The second-order valence-electron chi connectivity index (χ2n) is 6.93. The Labute approximate surface area is 180 Å². The number of ketones is 1. The number of amides is 1. The highest BCUT2D eigenvalue weighted by Crippen LogP contribution is 2.42. The highest BCUT2D eigenvalue weighted by Gasteiger charge is 2.34. The fraction of sp³-hybridized carbons (Fsp3) is 0.364. The fourth-order valence-electron chi connectivity index (χ4n) is 3.20. The van der Waals surface area contributed by atoms with Gasteiger partial charge in [0.15, 0.2) is 5.78 Å². The third kappa shape index (κ3) is 5.35. The van der Waals surface area contributed by atoms with Crippen molar-refractivity contribution in [3.63, 3.8) is 0 Å². The molecule has 1 saturated carbocycles. The first kappa shape index (κ1) is 23.3. The van der Waals surface area contributed by atoms with Gasteiger partial charge < -0.3 is 10.4 Å². The quantitative estimate of drug-likeness (QED) is 0.405. The predicted octanol–water partition coefficient (Wildman–Crippen LogP) is 6.08. The van der Waals surface area contributed by atoms with Gasteiger partial charge in [0.2, 0.25) is 6.41 Å². The van der Waals surface area contributed by atoms with E-state index in [1.54, 1.807) is 6.07 Å². The van der Waals surface area contributed by atoms with Gasteiger partial charge in [0, 0.05) is 17.0 Å². The number of nitrogens with one attached hydrogen (secondary N) is 1. The van der Waals surface area contributed by atoms with Crippen LogP contribution in [0.5, 0.6) is 0 Å². The van der Waals surface area contributed by atoms with Crippen LogP contribution in [0.3, 0.4) is 0 Å². The molecule has 156 valence electrons. The van der Waals surface area contributed by atoms with Gasteiger partial charge in [-0.3, -0.25) is 9.59 Å². The highest BCUT2D eigenvalue weighted by atomic mass is 35.5. The minimum absolute atomic E-state index is 0.0947. The Hall–Kier alpha value is -1.95. The standard InChI is InChI=1S/C20H18Cl2FNO3.C2H6/c1-20(27,18-14(21)6-7-15(22)19(18)24-10-25)9-17(26)13-5-4-12(8-16(13)23)11-2-3-11;1-2/h4-8,10-11,27H,2-3,9H2,1H3,(H,24,25);1-2H3. The lowest BCUT2D eigenvalue weighted by Gasteiger charge is -2.27. The molecule has 4 nitrogen and oxygen atoms in total. The minimum atomic E-state index is -1.77. The summed E-state index contributed by atoms with van der Waals surface area (Å²) in [6.45, 7) is 5.37. The second kappa shape index (κ2) is 9.70. The molecule has 0 saturated heterocycles. The molecule has 1 amide bonds. The average molecular weight is 440 g/mol. The molecule has 7 heteroatoms. The monoisotopic (exact) mass is 439 g/mol. The summed E-state index contributed by atoms with van der Waals surface area (Å²) in [6, 6.07) is 7.50. The van der Waals surface area contributed by atoms with Crippen LogP contribution in [0.15, 0.2) is 30.3 Å². The van der Waals surface area contributed by atoms with Crippen molar-refractivity contribution in [1.29, 1.82) is 0 Å². The number of benzene rings is 2. The normalized spacial score (nSPS) is 15.0. The largest absolute Gasteiger partial charge is 0.385 e. The van der Waals surface area contributed by atoms with Crippen molar-refractivity contribution in [2.24, 2.45) is 0 Å². The zero-order valence-corrected chi connectivity index (χ0v) is 18.1. The maximum Gasteiger partial charge on any atom is 0.211 e. The number of rotatable bonds is 7. The van der Waals surface area contributed by atoms with E-state index >= 15 is 0 Å². The van der Waals surface area contributed by atoms with E-state index in [0.29, 0.717) is 12.3 Å². The summed E-state index contributed by atoms with van der Waals surface area (Å²) in [7, 11) is 0. The summed E-state index contributed by atoms with van der Waals surface area (Å²) >= 11 is 12.3. The van der Waals surface area contributed by atoms with E-state index in [0.717, 1.165) is 18.4 Å². The van der Waals surface area contributed by atoms with E-state index in [1.807, 2.05) is 13.8 Å². The second-order valence-corrected chi connectivity index (χ2v) is 7.74. The van der Waals surface area contributed by atoms with Crippen LogP contribution in [-0.2, 0) is 10.4 Å². The lowest BCUT2D eigenvalue weighted by molar-refractivity contribution is -0.105. The molecule has 0 aromatic heterocycles. The van der Waals surface area contributed by atoms with Crippen LogP contribution in [0.4, 0.5) is 10.1 Å². The maximum atomic E-state index is 14.4. The Bertz CT molecular complexity index is 911. The molecule has 2 aromatic carbocycles. The van der Waals surface area contributed by atoms with Gasteiger partial charge in [0.05, 0.1) is 21.9 Å². The fourth-order valence-corrected chi connectivity index (χ4v) is 3.78. The molecule has 0 spiro atoms. The summed E-state index contributed by atoms with van der Waals surface area (Å²) in [5.74, 6) is -0.814. The van der Waals surface area contributed by atoms with Crippen LogP contribution < -0.4 is 5.32 Å². The van der Waals surface area contributed by atoms with Crippen molar-refractivity contribution in [1.82, 2.24) is 0 Å². The topological polar surface area (TPSA) is 66.4 Å². The molecule has 1 fully saturated rings. The Morgan fingerprint density at radius 2 is 1.86 bits per heavy atom. The molecule has 1 aliphatic carbocycles. The van der Waals surface area contributed by atoms with Gasteiger partial charge in [0.1, 0.15) is 5.82 Å². The van der Waals surface area contributed by atoms with E-state index < -0.39 is 23.6 Å². The molecule has 3 rings (SSSR count). The summed E-state index contributed by atoms with van der Waals surface area (Å²) in [6.07, 6.45) is 2.03. The molecule has 1 unspecified atom stereocenters. The van der Waals surface area contributed by atoms with Crippen molar-refractivity contribution in [2.45, 2.75) is 51.6 Å². The molecule has 0 aliphatic heterocycles. The number of Topliss-reactive ketones (excluding diaryl/α,β-unsaturated/α-hetero) is 1. The number of halogens is 3. The Balaban J connectivity index is 0.00000145. The third-order valence-corrected chi connectivity index (χ3v) is 5.32. The van der Waals surface area contributed by atoms with Crippen LogP contribution in [0.1, 0.15) is 67.4 Å². The van der Waals surface area contributed by atoms with Gasteiger partial charge in [-0.1, -0.05) is 43.1 Å². The van der Waals surface area contributed by atoms with Crippen molar-refractivity contribution >= 4 is 41.1 Å². The van der Waals surface area contributed by atoms with Crippen molar-refractivity contribution < 1.29 is 19.1 Å². The molecule has 2 aromatic rings. The van der Waals surface area contributed by atoms with E-state index in [2.05, 4.69) is 5.32 Å². The number of aliphatic hydroxyl groups is 1. The van der Waals surface area contributed by atoms with Gasteiger partial charge in [-0.05, 0) is 55.5 Å². The summed E-state index contributed by atoms with van der Waals surface area (Å²) in [5.41, 5.74) is -0.769. The Morgan fingerprint density at radius 3 is 2.41 bits per heavy atom. The van der Waals surface area contributed by atoms with Crippen molar-refractivity contribution in [3.8, 4) is 0 Å².